The summed E-state index contributed by atoms with van der Waals surface area (Å²) in [6, 6.07) is 0.439. The minimum Gasteiger partial charge on any atom is -0.339 e. The van der Waals surface area contributed by atoms with Gasteiger partial charge in [-0.05, 0) is 31.1 Å². The van der Waals surface area contributed by atoms with Crippen LogP contribution in [0.4, 0.5) is 0 Å². The van der Waals surface area contributed by atoms with Gasteiger partial charge in [0.25, 0.3) is 0 Å². The molecule has 2 fully saturated rings. The predicted molar refractivity (Wildman–Crippen MR) is 69.7 cm³/mol. The van der Waals surface area contributed by atoms with E-state index in [4.69, 9.17) is 0 Å². The molecule has 1 saturated heterocycles. The SMILES string of the molecule is CC1CCN(C(=O)CC2CCCC2)C1CBr. The standard InChI is InChI=1S/C13H22BrNO/c1-10-6-7-15(12(10)9-14)13(16)8-11-4-2-3-5-11/h10-12H,2-9H2,1H3. The van der Waals surface area contributed by atoms with Crippen molar-refractivity contribution in [1.82, 2.24) is 4.90 Å². The van der Waals surface area contributed by atoms with Crippen LogP contribution in [0.5, 0.6) is 0 Å². The lowest BCUT2D eigenvalue weighted by molar-refractivity contribution is -0.132. The summed E-state index contributed by atoms with van der Waals surface area (Å²) in [5.74, 6) is 1.74. The minimum atomic E-state index is 0.403. The quantitative estimate of drug-likeness (QED) is 0.730. The van der Waals surface area contributed by atoms with Crippen LogP contribution >= 0.6 is 15.9 Å². The number of alkyl halides is 1. The van der Waals surface area contributed by atoms with Gasteiger partial charge in [0, 0.05) is 24.3 Å². The van der Waals surface area contributed by atoms with Crippen LogP contribution in [0, 0.1) is 11.8 Å². The van der Waals surface area contributed by atoms with Gasteiger partial charge in [-0.15, -0.1) is 0 Å². The fraction of sp³-hybridized carbons (Fsp3) is 0.923. The highest BCUT2D eigenvalue weighted by Crippen LogP contribution is 2.31. The van der Waals surface area contributed by atoms with Gasteiger partial charge in [-0.25, -0.2) is 0 Å². The van der Waals surface area contributed by atoms with Gasteiger partial charge >= 0.3 is 0 Å². The van der Waals surface area contributed by atoms with Gasteiger partial charge in [0.1, 0.15) is 0 Å². The molecule has 0 aromatic rings. The highest BCUT2D eigenvalue weighted by Gasteiger charge is 2.34. The summed E-state index contributed by atoms with van der Waals surface area (Å²) in [5.41, 5.74) is 0. The highest BCUT2D eigenvalue weighted by molar-refractivity contribution is 9.09. The Morgan fingerprint density at radius 3 is 2.62 bits per heavy atom. The number of halogens is 1. The molecular formula is C13H22BrNO. The zero-order valence-corrected chi connectivity index (χ0v) is 11.7. The molecule has 0 spiro atoms. The Kier molecular flexibility index (Phi) is 4.28. The lowest BCUT2D eigenvalue weighted by Crippen LogP contribution is -2.39. The Hall–Kier alpha value is -0.0500. The van der Waals surface area contributed by atoms with E-state index in [1.54, 1.807) is 0 Å². The fourth-order valence-corrected chi connectivity index (χ4v) is 4.12. The highest BCUT2D eigenvalue weighted by atomic mass is 79.9. The summed E-state index contributed by atoms with van der Waals surface area (Å²) >= 11 is 3.54. The predicted octanol–water partition coefficient (Wildman–Crippen LogP) is 3.20. The van der Waals surface area contributed by atoms with E-state index in [9.17, 15) is 4.79 Å². The molecule has 16 heavy (non-hydrogen) atoms. The van der Waals surface area contributed by atoms with E-state index in [1.165, 1.54) is 32.1 Å². The Morgan fingerprint density at radius 2 is 2.00 bits per heavy atom. The first-order valence-corrected chi connectivity index (χ1v) is 7.70. The zero-order valence-electron chi connectivity index (χ0n) is 10.1. The van der Waals surface area contributed by atoms with E-state index >= 15 is 0 Å². The molecule has 92 valence electrons. The monoisotopic (exact) mass is 287 g/mol. The summed E-state index contributed by atoms with van der Waals surface area (Å²) < 4.78 is 0. The molecule has 2 atom stereocenters. The number of hydrogen-bond donors (Lipinski definition) is 0. The maximum absolute atomic E-state index is 12.2. The number of amides is 1. The molecular weight excluding hydrogens is 266 g/mol. The molecule has 1 amide bonds. The molecule has 3 heteroatoms. The summed E-state index contributed by atoms with van der Waals surface area (Å²) in [6.07, 6.45) is 7.18. The second kappa shape index (κ2) is 5.52. The number of likely N-dealkylation sites (tertiary alicyclic amines) is 1. The molecule has 1 aliphatic heterocycles. The summed E-state index contributed by atoms with van der Waals surface area (Å²) in [6.45, 7) is 3.23. The van der Waals surface area contributed by atoms with Gasteiger partial charge in [-0.2, -0.15) is 0 Å². The van der Waals surface area contributed by atoms with E-state index in [0.717, 1.165) is 18.3 Å². The molecule has 2 rings (SSSR count). The normalized spacial score (nSPS) is 31.2. The van der Waals surface area contributed by atoms with Gasteiger partial charge in [-0.1, -0.05) is 35.7 Å². The smallest absolute Gasteiger partial charge is 0.223 e. The Bertz CT molecular complexity index is 250. The fourth-order valence-electron chi connectivity index (χ4n) is 3.13. The molecule has 2 unspecified atom stereocenters. The number of rotatable bonds is 3. The topological polar surface area (TPSA) is 20.3 Å². The molecule has 2 aliphatic rings. The van der Waals surface area contributed by atoms with Gasteiger partial charge in [0.2, 0.25) is 5.91 Å². The molecule has 0 radical (unpaired) electrons. The van der Waals surface area contributed by atoms with Crippen LogP contribution in [0.2, 0.25) is 0 Å². The van der Waals surface area contributed by atoms with E-state index in [-0.39, 0.29) is 0 Å². The summed E-state index contributed by atoms with van der Waals surface area (Å²) in [4.78, 5) is 14.3. The van der Waals surface area contributed by atoms with Crippen LogP contribution in [-0.2, 0) is 4.79 Å². The minimum absolute atomic E-state index is 0.403. The zero-order chi connectivity index (χ0) is 11.5. The Balaban J connectivity index is 1.88. The maximum atomic E-state index is 12.2. The van der Waals surface area contributed by atoms with Crippen LogP contribution in [0.25, 0.3) is 0 Å². The third-order valence-corrected chi connectivity index (χ3v) is 4.96. The lowest BCUT2D eigenvalue weighted by Gasteiger charge is -2.26. The van der Waals surface area contributed by atoms with Gasteiger partial charge in [0.15, 0.2) is 0 Å². The van der Waals surface area contributed by atoms with Crippen molar-refractivity contribution in [2.24, 2.45) is 11.8 Å². The largest absolute Gasteiger partial charge is 0.339 e. The number of carbonyl (C=O) groups is 1. The first kappa shape index (κ1) is 12.4. The third-order valence-electron chi connectivity index (χ3n) is 4.30. The van der Waals surface area contributed by atoms with Crippen molar-refractivity contribution >= 4 is 21.8 Å². The second-order valence-corrected chi connectivity index (χ2v) is 6.08. The molecule has 2 nitrogen and oxygen atoms in total. The molecule has 1 saturated carbocycles. The number of carbonyl (C=O) groups excluding carboxylic acids is 1. The van der Waals surface area contributed by atoms with Crippen molar-refractivity contribution in [1.29, 1.82) is 0 Å². The summed E-state index contributed by atoms with van der Waals surface area (Å²) in [5, 5.41) is 0.935. The van der Waals surface area contributed by atoms with Crippen LogP contribution in [0.3, 0.4) is 0 Å². The summed E-state index contributed by atoms with van der Waals surface area (Å²) in [7, 11) is 0. The molecule has 1 heterocycles. The van der Waals surface area contributed by atoms with E-state index in [0.29, 0.717) is 23.8 Å². The average Bonchev–Trinajstić information content (AvgIpc) is 2.87. The third kappa shape index (κ3) is 2.61. The van der Waals surface area contributed by atoms with Crippen LogP contribution < -0.4 is 0 Å². The number of hydrogen-bond acceptors (Lipinski definition) is 1. The first-order chi connectivity index (χ1) is 7.72. The van der Waals surface area contributed by atoms with E-state index < -0.39 is 0 Å². The Labute approximate surface area is 107 Å². The number of nitrogens with zero attached hydrogens (tertiary/aromatic N) is 1. The molecule has 0 N–H and O–H groups in total. The molecule has 0 aromatic carbocycles. The van der Waals surface area contributed by atoms with Crippen molar-refractivity contribution in [3.8, 4) is 0 Å². The average molecular weight is 288 g/mol. The molecule has 1 aliphatic carbocycles. The maximum Gasteiger partial charge on any atom is 0.223 e. The van der Waals surface area contributed by atoms with Crippen molar-refractivity contribution in [2.45, 2.75) is 51.5 Å². The van der Waals surface area contributed by atoms with Gasteiger partial charge in [-0.3, -0.25) is 4.79 Å². The van der Waals surface area contributed by atoms with E-state index in [1.807, 2.05) is 0 Å². The van der Waals surface area contributed by atoms with E-state index in [2.05, 4.69) is 27.8 Å². The lowest BCUT2D eigenvalue weighted by atomic mass is 10.0. The van der Waals surface area contributed by atoms with Crippen molar-refractivity contribution in [3.63, 3.8) is 0 Å². The van der Waals surface area contributed by atoms with Crippen molar-refractivity contribution in [2.75, 3.05) is 11.9 Å². The van der Waals surface area contributed by atoms with Crippen LogP contribution in [0.1, 0.15) is 45.4 Å². The second-order valence-electron chi connectivity index (χ2n) is 5.43. The van der Waals surface area contributed by atoms with Gasteiger partial charge in [0.05, 0.1) is 0 Å². The van der Waals surface area contributed by atoms with Gasteiger partial charge < -0.3 is 4.90 Å². The molecule has 0 bridgehead atoms. The first-order valence-electron chi connectivity index (χ1n) is 6.57. The van der Waals surface area contributed by atoms with Crippen molar-refractivity contribution < 1.29 is 4.79 Å². The Morgan fingerprint density at radius 1 is 1.31 bits per heavy atom. The van der Waals surface area contributed by atoms with Crippen LogP contribution in [-0.4, -0.2) is 28.7 Å². The van der Waals surface area contributed by atoms with Crippen LogP contribution in [0.15, 0.2) is 0 Å². The van der Waals surface area contributed by atoms with Crippen molar-refractivity contribution in [3.05, 3.63) is 0 Å². The molecule has 0 aromatic heterocycles.